The quantitative estimate of drug-likeness (QED) is 0.527. The maximum atomic E-state index is 12.7. The average Bonchev–Trinajstić information content (AvgIpc) is 3.00. The lowest BCUT2D eigenvalue weighted by molar-refractivity contribution is -0.123. The molecular weight excluding hydrogens is 394 g/mol. The number of methoxy groups -OCH3 is 3. The summed E-state index contributed by atoms with van der Waals surface area (Å²) < 4.78 is 15.1. The molecule has 7 nitrogen and oxygen atoms in total. The summed E-state index contributed by atoms with van der Waals surface area (Å²) in [4.78, 5) is 38.1. The monoisotopic (exact) mass is 413 g/mol. The summed E-state index contributed by atoms with van der Waals surface area (Å²) in [7, 11) is 4.38. The number of rotatable bonds is 6. The normalized spacial score (nSPS) is 15.0. The average molecular weight is 413 g/mol. The second-order valence-corrected chi connectivity index (χ2v) is 7.06. The maximum absolute atomic E-state index is 12.7. The molecule has 0 bridgehead atoms. The van der Waals surface area contributed by atoms with E-state index in [1.807, 2.05) is 0 Å². The molecule has 0 radical (unpaired) electrons. The smallest absolute Gasteiger partial charge is 0.337 e. The number of amides is 2. The van der Waals surface area contributed by atoms with Gasteiger partial charge in [-0.25, -0.2) is 4.79 Å². The molecule has 150 valence electrons. The Balaban J connectivity index is 1.77. The zero-order valence-corrected chi connectivity index (χ0v) is 16.9. The fourth-order valence-corrected chi connectivity index (χ4v) is 3.62. The van der Waals surface area contributed by atoms with Crippen molar-refractivity contribution in [1.29, 1.82) is 0 Å². The summed E-state index contributed by atoms with van der Waals surface area (Å²) >= 11 is 0.883. The first-order chi connectivity index (χ1) is 14.0. The zero-order chi connectivity index (χ0) is 21.0. The second kappa shape index (κ2) is 8.83. The van der Waals surface area contributed by atoms with Crippen LogP contribution in [0.2, 0.25) is 0 Å². The van der Waals surface area contributed by atoms with Crippen LogP contribution in [0.3, 0.4) is 0 Å². The molecule has 0 N–H and O–H groups in total. The van der Waals surface area contributed by atoms with Gasteiger partial charge in [-0.3, -0.25) is 14.5 Å². The van der Waals surface area contributed by atoms with Gasteiger partial charge in [-0.1, -0.05) is 18.2 Å². The van der Waals surface area contributed by atoms with Crippen LogP contribution in [-0.2, 0) is 16.1 Å². The van der Waals surface area contributed by atoms with Crippen molar-refractivity contribution in [3.05, 3.63) is 64.1 Å². The lowest BCUT2D eigenvalue weighted by Gasteiger charge is -2.12. The number of hydrogen-bond acceptors (Lipinski definition) is 7. The van der Waals surface area contributed by atoms with Crippen LogP contribution in [0.1, 0.15) is 21.5 Å². The molecule has 2 aromatic rings. The van der Waals surface area contributed by atoms with E-state index in [0.29, 0.717) is 22.0 Å². The molecule has 2 amide bonds. The maximum Gasteiger partial charge on any atom is 0.337 e. The highest BCUT2D eigenvalue weighted by molar-refractivity contribution is 8.18. The number of carbonyl (C=O) groups is 3. The van der Waals surface area contributed by atoms with E-state index < -0.39 is 5.97 Å². The van der Waals surface area contributed by atoms with Gasteiger partial charge in [0.2, 0.25) is 0 Å². The molecule has 0 spiro atoms. The van der Waals surface area contributed by atoms with Crippen LogP contribution in [0, 0.1) is 0 Å². The van der Waals surface area contributed by atoms with E-state index in [1.54, 1.807) is 55.7 Å². The van der Waals surface area contributed by atoms with Gasteiger partial charge in [0.25, 0.3) is 11.1 Å². The van der Waals surface area contributed by atoms with Gasteiger partial charge in [0.15, 0.2) is 11.5 Å². The SMILES string of the molecule is COC(=O)c1ccc(CN2C(=O)S/C(=C\c3ccc(OC)c(OC)c3)C2=O)cc1. The van der Waals surface area contributed by atoms with E-state index in [0.717, 1.165) is 22.9 Å². The first kappa shape index (κ1) is 20.5. The minimum atomic E-state index is -0.444. The molecule has 1 fully saturated rings. The highest BCUT2D eigenvalue weighted by Crippen LogP contribution is 2.35. The summed E-state index contributed by atoms with van der Waals surface area (Å²) in [5.41, 5.74) is 1.85. The van der Waals surface area contributed by atoms with Crippen LogP contribution in [0.5, 0.6) is 11.5 Å². The van der Waals surface area contributed by atoms with E-state index in [-0.39, 0.29) is 17.7 Å². The van der Waals surface area contributed by atoms with Crippen LogP contribution in [0.4, 0.5) is 4.79 Å². The molecule has 1 aliphatic heterocycles. The molecule has 2 aromatic carbocycles. The van der Waals surface area contributed by atoms with E-state index in [9.17, 15) is 14.4 Å². The third-order valence-corrected chi connectivity index (χ3v) is 5.20. The highest BCUT2D eigenvalue weighted by atomic mass is 32.2. The van der Waals surface area contributed by atoms with Crippen molar-refractivity contribution < 1.29 is 28.6 Å². The topological polar surface area (TPSA) is 82.1 Å². The zero-order valence-electron chi connectivity index (χ0n) is 16.1. The van der Waals surface area contributed by atoms with E-state index in [1.165, 1.54) is 19.1 Å². The highest BCUT2D eigenvalue weighted by Gasteiger charge is 2.35. The first-order valence-corrected chi connectivity index (χ1v) is 9.43. The number of ether oxygens (including phenoxy) is 3. The van der Waals surface area contributed by atoms with Crippen molar-refractivity contribution in [1.82, 2.24) is 4.90 Å². The van der Waals surface area contributed by atoms with Gasteiger partial charge < -0.3 is 14.2 Å². The molecule has 29 heavy (non-hydrogen) atoms. The van der Waals surface area contributed by atoms with Gasteiger partial charge in [-0.15, -0.1) is 0 Å². The Morgan fingerprint density at radius 1 is 1.00 bits per heavy atom. The second-order valence-electron chi connectivity index (χ2n) is 6.07. The third-order valence-electron chi connectivity index (χ3n) is 4.29. The predicted molar refractivity (Wildman–Crippen MR) is 109 cm³/mol. The molecule has 0 aliphatic carbocycles. The van der Waals surface area contributed by atoms with Crippen LogP contribution in [0.15, 0.2) is 47.4 Å². The number of carbonyl (C=O) groups excluding carboxylic acids is 3. The number of hydrogen-bond donors (Lipinski definition) is 0. The van der Waals surface area contributed by atoms with Gasteiger partial charge in [0.05, 0.1) is 38.3 Å². The van der Waals surface area contributed by atoms with Crippen molar-refractivity contribution in [2.75, 3.05) is 21.3 Å². The first-order valence-electron chi connectivity index (χ1n) is 8.61. The Bertz CT molecular complexity index is 983. The summed E-state index contributed by atoms with van der Waals surface area (Å²) in [5, 5.41) is -0.348. The van der Waals surface area contributed by atoms with Crippen molar-refractivity contribution in [3.63, 3.8) is 0 Å². The Kier molecular flexibility index (Phi) is 6.23. The largest absolute Gasteiger partial charge is 0.493 e. The molecule has 0 unspecified atom stereocenters. The van der Waals surface area contributed by atoms with Crippen molar-refractivity contribution in [2.45, 2.75) is 6.54 Å². The predicted octanol–water partition coefficient (Wildman–Crippen LogP) is 3.73. The number of esters is 1. The molecular formula is C21H19NO6S. The summed E-state index contributed by atoms with van der Waals surface area (Å²) in [6.07, 6.45) is 1.65. The lowest BCUT2D eigenvalue weighted by Crippen LogP contribution is -2.27. The van der Waals surface area contributed by atoms with Gasteiger partial charge >= 0.3 is 5.97 Å². The Morgan fingerprint density at radius 2 is 1.69 bits per heavy atom. The van der Waals surface area contributed by atoms with Gasteiger partial charge in [-0.2, -0.15) is 0 Å². The molecule has 8 heteroatoms. The fourth-order valence-electron chi connectivity index (χ4n) is 2.78. The van der Waals surface area contributed by atoms with E-state index in [4.69, 9.17) is 9.47 Å². The van der Waals surface area contributed by atoms with Crippen LogP contribution < -0.4 is 9.47 Å². The lowest BCUT2D eigenvalue weighted by atomic mass is 10.1. The van der Waals surface area contributed by atoms with E-state index >= 15 is 0 Å². The molecule has 0 aromatic heterocycles. The number of imide groups is 1. The van der Waals surface area contributed by atoms with Crippen molar-refractivity contribution >= 4 is 35.0 Å². The minimum Gasteiger partial charge on any atom is -0.493 e. The van der Waals surface area contributed by atoms with Gasteiger partial charge in [-0.05, 0) is 53.2 Å². The van der Waals surface area contributed by atoms with Crippen molar-refractivity contribution in [2.24, 2.45) is 0 Å². The Hall–Kier alpha value is -3.26. The Labute approximate surface area is 172 Å². The number of nitrogens with zero attached hydrogens (tertiary/aromatic N) is 1. The summed E-state index contributed by atoms with van der Waals surface area (Å²) in [6.45, 7) is 0.120. The number of benzene rings is 2. The van der Waals surface area contributed by atoms with Crippen LogP contribution in [-0.4, -0.2) is 43.3 Å². The molecule has 1 heterocycles. The molecule has 3 rings (SSSR count). The molecule has 1 saturated heterocycles. The number of thioether (sulfide) groups is 1. The summed E-state index contributed by atoms with van der Waals surface area (Å²) in [6, 6.07) is 11.8. The van der Waals surface area contributed by atoms with Crippen LogP contribution in [0.25, 0.3) is 6.08 Å². The Morgan fingerprint density at radius 3 is 2.31 bits per heavy atom. The minimum absolute atomic E-state index is 0.120. The molecule has 0 saturated carbocycles. The van der Waals surface area contributed by atoms with Crippen LogP contribution >= 0.6 is 11.8 Å². The summed E-state index contributed by atoms with van der Waals surface area (Å²) in [5.74, 6) is 0.298. The van der Waals surface area contributed by atoms with Crippen molar-refractivity contribution in [3.8, 4) is 11.5 Å². The standard InChI is InChI=1S/C21H19NO6S/c1-26-16-9-6-14(10-17(16)27-2)11-18-19(23)22(21(25)29-18)12-13-4-7-15(8-5-13)20(24)28-3/h4-11H,12H2,1-3H3/b18-11-. The van der Waals surface area contributed by atoms with E-state index in [2.05, 4.69) is 4.74 Å². The molecule has 1 aliphatic rings. The third kappa shape index (κ3) is 4.43. The van der Waals surface area contributed by atoms with Gasteiger partial charge in [0, 0.05) is 0 Å². The fraction of sp³-hybridized carbons (Fsp3) is 0.190. The molecule has 0 atom stereocenters. The van der Waals surface area contributed by atoms with Gasteiger partial charge in [0.1, 0.15) is 0 Å².